The SMILES string of the molecule is CCC(NC1CCN(C(C)C)C1)c1cccc(Cl)c1. The maximum Gasteiger partial charge on any atom is 0.0409 e. The fraction of sp³-hybridized carbons (Fsp3) is 0.625. The summed E-state index contributed by atoms with van der Waals surface area (Å²) in [7, 11) is 0. The zero-order valence-corrected chi connectivity index (χ0v) is 13.0. The average molecular weight is 281 g/mol. The van der Waals surface area contributed by atoms with Gasteiger partial charge in [-0.1, -0.05) is 30.7 Å². The highest BCUT2D eigenvalue weighted by molar-refractivity contribution is 6.30. The maximum atomic E-state index is 6.09. The molecule has 1 heterocycles. The van der Waals surface area contributed by atoms with Crippen LogP contribution in [0.3, 0.4) is 0 Å². The molecule has 1 aromatic rings. The molecule has 2 nitrogen and oxygen atoms in total. The molecule has 1 N–H and O–H groups in total. The number of rotatable bonds is 5. The first-order valence-corrected chi connectivity index (χ1v) is 7.73. The smallest absolute Gasteiger partial charge is 0.0409 e. The van der Waals surface area contributed by atoms with Gasteiger partial charge in [0.05, 0.1) is 0 Å². The summed E-state index contributed by atoms with van der Waals surface area (Å²) in [6.45, 7) is 9.15. The molecule has 2 unspecified atom stereocenters. The van der Waals surface area contributed by atoms with E-state index in [9.17, 15) is 0 Å². The highest BCUT2D eigenvalue weighted by Gasteiger charge is 2.25. The number of nitrogens with zero attached hydrogens (tertiary/aromatic N) is 1. The molecule has 19 heavy (non-hydrogen) atoms. The Bertz CT molecular complexity index is 405. The summed E-state index contributed by atoms with van der Waals surface area (Å²) in [6.07, 6.45) is 2.34. The minimum Gasteiger partial charge on any atom is -0.306 e. The third-order valence-corrected chi connectivity index (χ3v) is 4.28. The Morgan fingerprint density at radius 1 is 1.42 bits per heavy atom. The highest BCUT2D eigenvalue weighted by atomic mass is 35.5. The van der Waals surface area contributed by atoms with Crippen molar-refractivity contribution in [1.29, 1.82) is 0 Å². The van der Waals surface area contributed by atoms with Crippen LogP contribution < -0.4 is 5.32 Å². The summed E-state index contributed by atoms with van der Waals surface area (Å²) in [5.41, 5.74) is 1.30. The first-order valence-electron chi connectivity index (χ1n) is 7.35. The van der Waals surface area contributed by atoms with Gasteiger partial charge in [0.25, 0.3) is 0 Å². The number of nitrogens with one attached hydrogen (secondary N) is 1. The van der Waals surface area contributed by atoms with Gasteiger partial charge in [-0.15, -0.1) is 0 Å². The van der Waals surface area contributed by atoms with Crippen LogP contribution in [0.2, 0.25) is 5.02 Å². The van der Waals surface area contributed by atoms with Crippen molar-refractivity contribution in [2.45, 2.75) is 51.7 Å². The van der Waals surface area contributed by atoms with Crippen LogP contribution in [-0.2, 0) is 0 Å². The molecule has 1 fully saturated rings. The van der Waals surface area contributed by atoms with Crippen molar-refractivity contribution in [3.63, 3.8) is 0 Å². The predicted molar refractivity (Wildman–Crippen MR) is 82.7 cm³/mol. The first-order chi connectivity index (χ1) is 9.10. The van der Waals surface area contributed by atoms with Crippen LogP contribution in [0, 0.1) is 0 Å². The Morgan fingerprint density at radius 2 is 2.21 bits per heavy atom. The van der Waals surface area contributed by atoms with Gasteiger partial charge in [-0.25, -0.2) is 0 Å². The molecular weight excluding hydrogens is 256 g/mol. The van der Waals surface area contributed by atoms with Gasteiger partial charge in [0.15, 0.2) is 0 Å². The van der Waals surface area contributed by atoms with Crippen LogP contribution >= 0.6 is 11.6 Å². The van der Waals surface area contributed by atoms with E-state index in [1.165, 1.54) is 18.5 Å². The minimum atomic E-state index is 0.413. The summed E-state index contributed by atoms with van der Waals surface area (Å²) >= 11 is 6.09. The summed E-state index contributed by atoms with van der Waals surface area (Å²) in [4.78, 5) is 2.54. The van der Waals surface area contributed by atoms with E-state index in [-0.39, 0.29) is 0 Å². The zero-order valence-electron chi connectivity index (χ0n) is 12.2. The van der Waals surface area contributed by atoms with E-state index >= 15 is 0 Å². The molecule has 3 heteroatoms. The number of benzene rings is 1. The molecule has 106 valence electrons. The second-order valence-electron chi connectivity index (χ2n) is 5.76. The molecule has 1 aliphatic rings. The summed E-state index contributed by atoms with van der Waals surface area (Å²) in [5, 5.41) is 4.62. The zero-order chi connectivity index (χ0) is 13.8. The predicted octanol–water partition coefficient (Wildman–Crippen LogP) is 3.86. The second kappa shape index (κ2) is 6.74. The van der Waals surface area contributed by atoms with Crippen LogP contribution in [-0.4, -0.2) is 30.1 Å². The van der Waals surface area contributed by atoms with Gasteiger partial charge in [0, 0.05) is 29.7 Å². The van der Waals surface area contributed by atoms with Crippen LogP contribution in [0.5, 0.6) is 0 Å². The van der Waals surface area contributed by atoms with E-state index in [0.717, 1.165) is 18.0 Å². The molecule has 1 aliphatic heterocycles. The molecule has 0 aromatic heterocycles. The van der Waals surface area contributed by atoms with Gasteiger partial charge in [-0.05, 0) is 50.9 Å². The summed E-state index contributed by atoms with van der Waals surface area (Å²) in [6, 6.07) is 9.89. The molecule has 1 aromatic carbocycles. The Hall–Kier alpha value is -0.570. The largest absolute Gasteiger partial charge is 0.306 e. The van der Waals surface area contributed by atoms with Crippen LogP contribution in [0.25, 0.3) is 0 Å². The molecular formula is C16H25ClN2. The van der Waals surface area contributed by atoms with Crippen molar-refractivity contribution < 1.29 is 0 Å². The highest BCUT2D eigenvalue weighted by Crippen LogP contribution is 2.23. The van der Waals surface area contributed by atoms with Gasteiger partial charge in [-0.2, -0.15) is 0 Å². The van der Waals surface area contributed by atoms with Crippen molar-refractivity contribution in [3.8, 4) is 0 Å². The molecule has 2 rings (SSSR count). The van der Waals surface area contributed by atoms with E-state index in [1.807, 2.05) is 12.1 Å². The van der Waals surface area contributed by atoms with E-state index in [1.54, 1.807) is 0 Å². The van der Waals surface area contributed by atoms with Crippen LogP contribution in [0.4, 0.5) is 0 Å². The molecule has 0 spiro atoms. The molecule has 0 radical (unpaired) electrons. The number of likely N-dealkylation sites (tertiary alicyclic amines) is 1. The Kier molecular flexibility index (Phi) is 5.26. The normalized spacial score (nSPS) is 22.1. The lowest BCUT2D eigenvalue weighted by atomic mass is 10.0. The molecule has 0 amide bonds. The Morgan fingerprint density at radius 3 is 2.79 bits per heavy atom. The topological polar surface area (TPSA) is 15.3 Å². The van der Waals surface area contributed by atoms with Crippen molar-refractivity contribution >= 4 is 11.6 Å². The quantitative estimate of drug-likeness (QED) is 0.881. The molecule has 0 bridgehead atoms. The van der Waals surface area contributed by atoms with Crippen LogP contribution in [0.1, 0.15) is 45.2 Å². The first kappa shape index (κ1) is 14.8. The number of halogens is 1. The van der Waals surface area contributed by atoms with Gasteiger partial charge in [0.2, 0.25) is 0 Å². The Balaban J connectivity index is 1.97. The second-order valence-corrected chi connectivity index (χ2v) is 6.19. The van der Waals surface area contributed by atoms with E-state index in [0.29, 0.717) is 18.1 Å². The third kappa shape index (κ3) is 3.95. The van der Waals surface area contributed by atoms with Crippen molar-refractivity contribution in [2.24, 2.45) is 0 Å². The lowest BCUT2D eigenvalue weighted by molar-refractivity contribution is 0.265. The van der Waals surface area contributed by atoms with Gasteiger partial charge in [0.1, 0.15) is 0 Å². The average Bonchev–Trinajstić information content (AvgIpc) is 2.84. The van der Waals surface area contributed by atoms with Gasteiger partial charge in [-0.3, -0.25) is 4.90 Å². The van der Waals surface area contributed by atoms with E-state index in [4.69, 9.17) is 11.6 Å². The van der Waals surface area contributed by atoms with E-state index in [2.05, 4.69) is 43.1 Å². The third-order valence-electron chi connectivity index (χ3n) is 4.05. The van der Waals surface area contributed by atoms with Gasteiger partial charge < -0.3 is 5.32 Å². The van der Waals surface area contributed by atoms with Crippen molar-refractivity contribution in [2.75, 3.05) is 13.1 Å². The van der Waals surface area contributed by atoms with E-state index < -0.39 is 0 Å². The maximum absolute atomic E-state index is 6.09. The molecule has 0 saturated carbocycles. The van der Waals surface area contributed by atoms with Gasteiger partial charge >= 0.3 is 0 Å². The molecule has 0 aliphatic carbocycles. The summed E-state index contributed by atoms with van der Waals surface area (Å²) in [5.74, 6) is 0. The minimum absolute atomic E-state index is 0.413. The van der Waals surface area contributed by atoms with Crippen molar-refractivity contribution in [3.05, 3.63) is 34.9 Å². The van der Waals surface area contributed by atoms with Crippen LogP contribution in [0.15, 0.2) is 24.3 Å². The lowest BCUT2D eigenvalue weighted by Crippen LogP contribution is -2.37. The Labute approximate surface area is 122 Å². The fourth-order valence-corrected chi connectivity index (χ4v) is 3.05. The lowest BCUT2D eigenvalue weighted by Gasteiger charge is -2.24. The number of hydrogen-bond donors (Lipinski definition) is 1. The summed E-state index contributed by atoms with van der Waals surface area (Å²) < 4.78 is 0. The molecule has 1 saturated heterocycles. The number of hydrogen-bond acceptors (Lipinski definition) is 2. The van der Waals surface area contributed by atoms with Crippen molar-refractivity contribution in [1.82, 2.24) is 10.2 Å². The fourth-order valence-electron chi connectivity index (χ4n) is 2.85. The molecule has 2 atom stereocenters. The standard InChI is InChI=1S/C16H25ClN2/c1-4-16(13-6-5-7-14(17)10-13)18-15-8-9-19(11-15)12(2)3/h5-7,10,12,15-16,18H,4,8-9,11H2,1-3H3. The monoisotopic (exact) mass is 280 g/mol.